The highest BCUT2D eigenvalue weighted by Crippen LogP contribution is 2.27. The van der Waals surface area contributed by atoms with Crippen LogP contribution >= 0.6 is 0 Å². The van der Waals surface area contributed by atoms with Gasteiger partial charge in [0.15, 0.2) is 0 Å². The zero-order chi connectivity index (χ0) is 19.6. The van der Waals surface area contributed by atoms with Crippen molar-refractivity contribution >= 4 is 12.3 Å². The van der Waals surface area contributed by atoms with Gasteiger partial charge in [0.1, 0.15) is 24.7 Å². The van der Waals surface area contributed by atoms with Crippen LogP contribution in [-0.2, 0) is 4.74 Å². The number of nitrogens with zero attached hydrogens (tertiary/aromatic N) is 1. The van der Waals surface area contributed by atoms with Crippen molar-refractivity contribution in [2.75, 3.05) is 20.3 Å². The first-order valence-electron chi connectivity index (χ1n) is 8.83. The Kier molecular flexibility index (Phi) is 7.67. The predicted octanol–water partition coefficient (Wildman–Crippen LogP) is 4.27. The van der Waals surface area contributed by atoms with Crippen LogP contribution in [0.5, 0.6) is 11.5 Å². The summed E-state index contributed by atoms with van der Waals surface area (Å²) in [7, 11) is 1.28. The average Bonchev–Trinajstić information content (AvgIpc) is 2.66. The summed E-state index contributed by atoms with van der Waals surface area (Å²) in [6, 6.07) is 13.7. The number of benzene rings is 2. The quantitative estimate of drug-likeness (QED) is 0.428. The third-order valence-corrected chi connectivity index (χ3v) is 3.85. The lowest BCUT2D eigenvalue weighted by atomic mass is 10.0. The standard InChI is InChI=1S/C21H26N2O4/c1-15(2)18-10-9-16(3)13-20(18)27-12-11-26-19-8-6-5-7-17(19)14-22-23-21(24)25-4/h5-10,13-15H,11-12H2,1-4H3,(H,23,24)/b22-14+. The van der Waals surface area contributed by atoms with Crippen LogP contribution in [0, 0.1) is 6.92 Å². The van der Waals surface area contributed by atoms with Gasteiger partial charge in [-0.25, -0.2) is 10.2 Å². The van der Waals surface area contributed by atoms with Crippen molar-refractivity contribution in [3.63, 3.8) is 0 Å². The van der Waals surface area contributed by atoms with Gasteiger partial charge in [-0.3, -0.25) is 0 Å². The molecular formula is C21H26N2O4. The lowest BCUT2D eigenvalue weighted by Crippen LogP contribution is -2.17. The third kappa shape index (κ3) is 6.33. The van der Waals surface area contributed by atoms with Crippen molar-refractivity contribution in [2.45, 2.75) is 26.7 Å². The lowest BCUT2D eigenvalue weighted by molar-refractivity contribution is 0.171. The van der Waals surface area contributed by atoms with E-state index in [4.69, 9.17) is 9.47 Å². The molecule has 2 aromatic rings. The zero-order valence-corrected chi connectivity index (χ0v) is 16.2. The molecule has 144 valence electrons. The fourth-order valence-electron chi connectivity index (χ4n) is 2.47. The molecule has 0 radical (unpaired) electrons. The van der Waals surface area contributed by atoms with E-state index in [-0.39, 0.29) is 0 Å². The number of rotatable bonds is 8. The fraction of sp³-hybridized carbons (Fsp3) is 0.333. The van der Waals surface area contributed by atoms with E-state index >= 15 is 0 Å². The monoisotopic (exact) mass is 370 g/mol. The number of carbonyl (C=O) groups excluding carboxylic acids is 1. The Hall–Kier alpha value is -3.02. The summed E-state index contributed by atoms with van der Waals surface area (Å²) >= 11 is 0. The summed E-state index contributed by atoms with van der Waals surface area (Å²) < 4.78 is 16.2. The van der Waals surface area contributed by atoms with Crippen molar-refractivity contribution in [1.82, 2.24) is 5.43 Å². The number of hydrazone groups is 1. The molecule has 6 heteroatoms. The van der Waals surface area contributed by atoms with Crippen molar-refractivity contribution in [1.29, 1.82) is 0 Å². The summed E-state index contributed by atoms with van der Waals surface area (Å²) in [5.41, 5.74) is 5.33. The Labute approximate surface area is 160 Å². The number of carbonyl (C=O) groups is 1. The summed E-state index contributed by atoms with van der Waals surface area (Å²) in [5.74, 6) is 1.94. The summed E-state index contributed by atoms with van der Waals surface area (Å²) in [6.07, 6.45) is 0.877. The molecule has 0 unspecified atom stereocenters. The van der Waals surface area contributed by atoms with E-state index in [9.17, 15) is 4.79 Å². The maximum atomic E-state index is 11.0. The average molecular weight is 370 g/mol. The molecule has 1 N–H and O–H groups in total. The Morgan fingerprint density at radius 3 is 2.52 bits per heavy atom. The molecule has 2 aromatic carbocycles. The second-order valence-corrected chi connectivity index (χ2v) is 6.29. The first-order valence-corrected chi connectivity index (χ1v) is 8.83. The molecule has 0 atom stereocenters. The van der Waals surface area contributed by atoms with Gasteiger partial charge in [0.25, 0.3) is 0 Å². The van der Waals surface area contributed by atoms with Crippen LogP contribution in [0.1, 0.15) is 36.5 Å². The SMILES string of the molecule is COC(=O)N/N=C/c1ccccc1OCCOc1cc(C)ccc1C(C)C. The van der Waals surface area contributed by atoms with Gasteiger partial charge >= 0.3 is 6.09 Å². The number of amides is 1. The predicted molar refractivity (Wildman–Crippen MR) is 106 cm³/mol. The number of aryl methyl sites for hydroxylation is 1. The Morgan fingerprint density at radius 2 is 1.81 bits per heavy atom. The molecule has 0 bridgehead atoms. The van der Waals surface area contributed by atoms with Crippen LogP contribution in [0.25, 0.3) is 0 Å². The van der Waals surface area contributed by atoms with Crippen molar-refractivity contribution in [3.05, 3.63) is 59.2 Å². The second kappa shape index (κ2) is 10.2. The highest BCUT2D eigenvalue weighted by atomic mass is 16.5. The normalized spacial score (nSPS) is 10.9. The molecule has 0 heterocycles. The molecule has 0 saturated heterocycles. The van der Waals surface area contributed by atoms with E-state index in [1.807, 2.05) is 31.2 Å². The Balaban J connectivity index is 1.93. The highest BCUT2D eigenvalue weighted by Gasteiger charge is 2.08. The number of hydrogen-bond acceptors (Lipinski definition) is 5. The molecule has 1 amide bonds. The van der Waals surface area contributed by atoms with Crippen molar-refractivity contribution in [2.24, 2.45) is 5.10 Å². The molecule has 0 aliphatic rings. The number of ether oxygens (including phenoxy) is 3. The van der Waals surface area contributed by atoms with Gasteiger partial charge in [-0.05, 0) is 42.2 Å². The minimum Gasteiger partial charge on any atom is -0.490 e. The maximum Gasteiger partial charge on any atom is 0.427 e. The van der Waals surface area contributed by atoms with Gasteiger partial charge in [0, 0.05) is 5.56 Å². The van der Waals surface area contributed by atoms with Gasteiger partial charge in [0.2, 0.25) is 0 Å². The molecule has 6 nitrogen and oxygen atoms in total. The minimum absolute atomic E-state index is 0.390. The fourth-order valence-corrected chi connectivity index (χ4v) is 2.47. The summed E-state index contributed by atoms with van der Waals surface area (Å²) in [6.45, 7) is 7.15. The van der Waals surface area contributed by atoms with Gasteiger partial charge in [0.05, 0.1) is 13.3 Å². The van der Waals surface area contributed by atoms with E-state index in [1.165, 1.54) is 18.9 Å². The van der Waals surface area contributed by atoms with Gasteiger partial charge < -0.3 is 14.2 Å². The first-order chi connectivity index (χ1) is 13.0. The molecule has 0 saturated carbocycles. The highest BCUT2D eigenvalue weighted by molar-refractivity contribution is 5.84. The second-order valence-electron chi connectivity index (χ2n) is 6.29. The number of hydrogen-bond donors (Lipinski definition) is 1. The molecule has 0 aliphatic carbocycles. The van der Waals surface area contributed by atoms with E-state index in [1.54, 1.807) is 0 Å². The van der Waals surface area contributed by atoms with E-state index in [0.29, 0.717) is 24.9 Å². The summed E-state index contributed by atoms with van der Waals surface area (Å²) in [5, 5.41) is 3.83. The van der Waals surface area contributed by atoms with Gasteiger partial charge in [-0.2, -0.15) is 5.10 Å². The van der Waals surface area contributed by atoms with Crippen molar-refractivity contribution in [3.8, 4) is 11.5 Å². The van der Waals surface area contributed by atoms with Crippen LogP contribution in [0.3, 0.4) is 0 Å². The minimum atomic E-state index is -0.628. The number of methoxy groups -OCH3 is 1. The number of nitrogens with one attached hydrogen (secondary N) is 1. The third-order valence-electron chi connectivity index (χ3n) is 3.85. The van der Waals surface area contributed by atoms with Gasteiger partial charge in [-0.1, -0.05) is 38.1 Å². The zero-order valence-electron chi connectivity index (χ0n) is 16.2. The van der Waals surface area contributed by atoms with Crippen LogP contribution in [-0.4, -0.2) is 32.6 Å². The van der Waals surface area contributed by atoms with Crippen LogP contribution in [0.4, 0.5) is 4.79 Å². The van der Waals surface area contributed by atoms with Crippen LogP contribution < -0.4 is 14.9 Å². The van der Waals surface area contributed by atoms with Crippen LogP contribution in [0.2, 0.25) is 0 Å². The first kappa shape index (κ1) is 20.3. The van der Waals surface area contributed by atoms with Crippen LogP contribution in [0.15, 0.2) is 47.6 Å². The van der Waals surface area contributed by atoms with E-state index < -0.39 is 6.09 Å². The molecule has 2 rings (SSSR count). The van der Waals surface area contributed by atoms with E-state index in [0.717, 1.165) is 16.9 Å². The smallest absolute Gasteiger partial charge is 0.427 e. The topological polar surface area (TPSA) is 69.2 Å². The molecule has 0 aliphatic heterocycles. The molecule has 0 spiro atoms. The van der Waals surface area contributed by atoms with Crippen molar-refractivity contribution < 1.29 is 19.0 Å². The molecule has 27 heavy (non-hydrogen) atoms. The molecule has 0 fully saturated rings. The van der Waals surface area contributed by atoms with Gasteiger partial charge in [-0.15, -0.1) is 0 Å². The maximum absolute atomic E-state index is 11.0. The lowest BCUT2D eigenvalue weighted by Gasteiger charge is -2.15. The number of para-hydroxylation sites is 1. The molecule has 0 aromatic heterocycles. The Morgan fingerprint density at radius 1 is 1.11 bits per heavy atom. The summed E-state index contributed by atoms with van der Waals surface area (Å²) in [4.78, 5) is 11.0. The Bertz CT molecular complexity index is 788. The van der Waals surface area contributed by atoms with E-state index in [2.05, 4.69) is 47.3 Å². The largest absolute Gasteiger partial charge is 0.490 e. The molecular weight excluding hydrogens is 344 g/mol.